The van der Waals surface area contributed by atoms with Crippen LogP contribution in [0.15, 0.2) is 54.6 Å². The summed E-state index contributed by atoms with van der Waals surface area (Å²) in [5, 5.41) is 2.62. The predicted molar refractivity (Wildman–Crippen MR) is 157 cm³/mol. The average Bonchev–Trinajstić information content (AvgIpc) is 2.96. The zero-order valence-electron chi connectivity index (χ0n) is 22.5. The van der Waals surface area contributed by atoms with Gasteiger partial charge in [-0.3, -0.25) is 19.4 Å². The van der Waals surface area contributed by atoms with E-state index < -0.39 is 0 Å². The van der Waals surface area contributed by atoms with E-state index in [2.05, 4.69) is 57.2 Å². The molecule has 1 saturated heterocycles. The van der Waals surface area contributed by atoms with Crippen LogP contribution in [0.1, 0.15) is 24.8 Å². The number of anilines is 2. The molecule has 0 aliphatic carbocycles. The van der Waals surface area contributed by atoms with Gasteiger partial charge < -0.3 is 14.4 Å². The van der Waals surface area contributed by atoms with Crippen molar-refractivity contribution in [1.82, 2.24) is 9.88 Å². The molecular formula is C30H36N4O4S. The van der Waals surface area contributed by atoms with Gasteiger partial charge in [-0.1, -0.05) is 36.4 Å². The lowest BCUT2D eigenvalue weighted by Crippen LogP contribution is -2.46. The number of unbranched alkanes of at least 4 members (excludes halogenated alkanes) is 1. The minimum Gasteiger partial charge on any atom is -0.478 e. The Kier molecular flexibility index (Phi) is 9.21. The highest BCUT2D eigenvalue weighted by Crippen LogP contribution is 2.29. The Morgan fingerprint density at radius 2 is 1.79 bits per heavy atom. The number of rotatable bonds is 11. The summed E-state index contributed by atoms with van der Waals surface area (Å²) in [6.45, 7) is 5.68. The van der Waals surface area contributed by atoms with Gasteiger partial charge in [0.05, 0.1) is 12.4 Å². The van der Waals surface area contributed by atoms with Crippen LogP contribution in [0.2, 0.25) is 0 Å². The summed E-state index contributed by atoms with van der Waals surface area (Å²) in [7, 11) is 0. The van der Waals surface area contributed by atoms with Crippen LogP contribution in [0.4, 0.5) is 11.5 Å². The third-order valence-electron chi connectivity index (χ3n) is 7.31. The Hall–Kier alpha value is -3.30. The van der Waals surface area contributed by atoms with Crippen LogP contribution >= 0.6 is 11.8 Å². The first-order valence-corrected chi connectivity index (χ1v) is 15.0. The molecule has 3 heterocycles. The number of aromatic nitrogens is 1. The third-order valence-corrected chi connectivity index (χ3v) is 7.83. The summed E-state index contributed by atoms with van der Waals surface area (Å²) < 4.78 is 11.2. The predicted octanol–water partition coefficient (Wildman–Crippen LogP) is 4.36. The Morgan fingerprint density at radius 1 is 0.974 bits per heavy atom. The molecule has 0 saturated carbocycles. The fourth-order valence-electron chi connectivity index (χ4n) is 5.20. The van der Waals surface area contributed by atoms with Crippen molar-refractivity contribution < 1.29 is 19.1 Å². The van der Waals surface area contributed by atoms with E-state index in [4.69, 9.17) is 9.47 Å². The monoisotopic (exact) mass is 548 g/mol. The fourth-order valence-corrected chi connectivity index (χ4v) is 5.52. The van der Waals surface area contributed by atoms with Gasteiger partial charge >= 0.3 is 5.97 Å². The van der Waals surface area contributed by atoms with Crippen molar-refractivity contribution in [2.75, 3.05) is 67.9 Å². The minimum atomic E-state index is -0.343. The van der Waals surface area contributed by atoms with Gasteiger partial charge in [-0.25, -0.2) is 0 Å². The van der Waals surface area contributed by atoms with Crippen LogP contribution in [0.3, 0.4) is 0 Å². The average molecular weight is 549 g/mol. The van der Waals surface area contributed by atoms with Gasteiger partial charge in [0.25, 0.3) is 0 Å². The molecule has 8 nitrogen and oxygen atoms in total. The van der Waals surface area contributed by atoms with Gasteiger partial charge in [-0.2, -0.15) is 16.7 Å². The maximum Gasteiger partial charge on any atom is 0.317 e. The molecular weight excluding hydrogens is 512 g/mol. The molecule has 0 atom stereocenters. The Morgan fingerprint density at radius 3 is 2.64 bits per heavy atom. The van der Waals surface area contributed by atoms with Gasteiger partial charge in [0, 0.05) is 49.7 Å². The van der Waals surface area contributed by atoms with Crippen LogP contribution in [-0.4, -0.2) is 79.8 Å². The van der Waals surface area contributed by atoms with E-state index in [0.717, 1.165) is 51.1 Å². The summed E-state index contributed by atoms with van der Waals surface area (Å²) in [5.74, 6) is 0.845. The molecule has 0 N–H and O–H groups in total. The highest BCUT2D eigenvalue weighted by atomic mass is 32.2. The first-order valence-electron chi connectivity index (χ1n) is 13.6. The molecule has 1 aromatic heterocycles. The third kappa shape index (κ3) is 6.83. The number of carbonyl (C=O) groups is 2. The maximum atomic E-state index is 12.5. The summed E-state index contributed by atoms with van der Waals surface area (Å²) in [6.07, 6.45) is 4.82. The van der Waals surface area contributed by atoms with E-state index in [9.17, 15) is 9.59 Å². The number of thioether (sulfide) groups is 1. The second kappa shape index (κ2) is 13.2. The summed E-state index contributed by atoms with van der Waals surface area (Å²) in [4.78, 5) is 35.3. The number of fused-ring (bicyclic) bond motifs is 2. The number of pyridine rings is 1. The molecule has 2 aliphatic rings. The normalized spacial score (nSPS) is 15.9. The summed E-state index contributed by atoms with van der Waals surface area (Å²) in [6, 6.07) is 19.0. The molecule has 1 amide bonds. The molecule has 0 bridgehead atoms. The van der Waals surface area contributed by atoms with Crippen molar-refractivity contribution in [3.63, 3.8) is 0 Å². The molecule has 2 aromatic carbocycles. The van der Waals surface area contributed by atoms with E-state index in [1.54, 1.807) is 0 Å². The number of carbonyl (C=O) groups excluding carboxylic acids is 2. The molecule has 0 spiro atoms. The van der Waals surface area contributed by atoms with Crippen molar-refractivity contribution in [2.24, 2.45) is 0 Å². The number of piperazine rings is 1. The Labute approximate surface area is 234 Å². The summed E-state index contributed by atoms with van der Waals surface area (Å²) in [5.41, 5.74) is 2.29. The van der Waals surface area contributed by atoms with Gasteiger partial charge in [0.15, 0.2) is 6.73 Å². The molecule has 206 valence electrons. The maximum absolute atomic E-state index is 12.5. The van der Waals surface area contributed by atoms with E-state index in [0.29, 0.717) is 31.1 Å². The van der Waals surface area contributed by atoms with Crippen LogP contribution < -0.4 is 14.5 Å². The number of ether oxygens (including phenoxy) is 2. The van der Waals surface area contributed by atoms with Gasteiger partial charge in [0.2, 0.25) is 11.8 Å². The van der Waals surface area contributed by atoms with Gasteiger partial charge in [-0.05, 0) is 55.1 Å². The fraction of sp³-hybridized carbons (Fsp3) is 0.433. The quantitative estimate of drug-likeness (QED) is 0.259. The van der Waals surface area contributed by atoms with E-state index in [1.165, 1.54) is 33.1 Å². The number of benzene rings is 2. The lowest BCUT2D eigenvalue weighted by molar-refractivity contribution is -0.141. The van der Waals surface area contributed by atoms with Crippen molar-refractivity contribution >= 4 is 45.9 Å². The molecule has 39 heavy (non-hydrogen) atoms. The van der Waals surface area contributed by atoms with Crippen LogP contribution in [0, 0.1) is 0 Å². The highest BCUT2D eigenvalue weighted by molar-refractivity contribution is 7.99. The van der Waals surface area contributed by atoms with Crippen molar-refractivity contribution in [1.29, 1.82) is 0 Å². The highest BCUT2D eigenvalue weighted by Gasteiger charge is 2.27. The van der Waals surface area contributed by atoms with E-state index in [1.807, 2.05) is 18.4 Å². The lowest BCUT2D eigenvalue weighted by atomic mass is 10.1. The Balaban J connectivity index is 1.06. The molecule has 0 radical (unpaired) electrons. The topological polar surface area (TPSA) is 75.2 Å². The molecule has 0 unspecified atom stereocenters. The van der Waals surface area contributed by atoms with Gasteiger partial charge in [-0.15, -0.1) is 0 Å². The van der Waals surface area contributed by atoms with Gasteiger partial charge in [0.1, 0.15) is 5.82 Å². The molecule has 5 rings (SSSR count). The van der Waals surface area contributed by atoms with E-state index in [-0.39, 0.29) is 24.4 Å². The number of hydrogen-bond acceptors (Lipinski definition) is 8. The van der Waals surface area contributed by atoms with Crippen molar-refractivity contribution in [2.45, 2.75) is 25.7 Å². The molecule has 2 aliphatic heterocycles. The number of aryl methyl sites for hydroxylation is 1. The number of amides is 1. The van der Waals surface area contributed by atoms with Crippen LogP contribution in [0.5, 0.6) is 5.88 Å². The second-order valence-electron chi connectivity index (χ2n) is 9.91. The number of hydrogen-bond donors (Lipinski definition) is 0. The lowest BCUT2D eigenvalue weighted by Gasteiger charge is -2.36. The Bertz CT molecular complexity index is 1290. The first kappa shape index (κ1) is 27.3. The SMILES string of the molecule is CSCC(=O)OCN1C(=O)CCc2ccc(OCCCCN3CCN(c4cccc5ccccc45)CC3)nc21. The summed E-state index contributed by atoms with van der Waals surface area (Å²) >= 11 is 1.39. The molecule has 1 fully saturated rings. The molecule has 9 heteroatoms. The standard InChI is InChI=1S/C30H36N4O4S/c1-39-21-29(36)38-22-34-28(35)14-12-24-11-13-27(31-30(24)34)37-20-5-4-15-32-16-18-33(19-17-32)26-10-6-8-23-7-2-3-9-25(23)26/h2-3,6-11,13H,4-5,12,14-22H2,1H3. The molecule has 3 aromatic rings. The minimum absolute atomic E-state index is 0.0929. The number of nitrogens with zero attached hydrogens (tertiary/aromatic N) is 4. The van der Waals surface area contributed by atoms with Crippen LogP contribution in [-0.2, 0) is 20.7 Å². The van der Waals surface area contributed by atoms with Crippen LogP contribution in [0.25, 0.3) is 10.8 Å². The second-order valence-corrected chi connectivity index (χ2v) is 10.8. The zero-order valence-corrected chi connectivity index (χ0v) is 23.3. The zero-order chi connectivity index (χ0) is 27.0. The van der Waals surface area contributed by atoms with Crippen molar-refractivity contribution in [3.05, 3.63) is 60.2 Å². The number of esters is 1. The van der Waals surface area contributed by atoms with Crippen molar-refractivity contribution in [3.8, 4) is 5.88 Å². The van der Waals surface area contributed by atoms with E-state index >= 15 is 0 Å². The smallest absolute Gasteiger partial charge is 0.317 e. The largest absolute Gasteiger partial charge is 0.478 e. The first-order chi connectivity index (χ1) is 19.1.